The molecule has 1 aliphatic rings. The molecule has 122 valence electrons. The molecule has 7 heteroatoms. The van der Waals surface area contributed by atoms with E-state index >= 15 is 0 Å². The second-order valence-electron chi connectivity index (χ2n) is 5.53. The number of unbranched alkanes of at least 4 members (excludes halogenated alkanes) is 1. The third-order valence-electron chi connectivity index (χ3n) is 3.82. The number of benzene rings is 1. The Hall–Kier alpha value is -0.340. The van der Waals surface area contributed by atoms with Crippen molar-refractivity contribution in [1.82, 2.24) is 4.90 Å². The summed E-state index contributed by atoms with van der Waals surface area (Å²) in [6.07, 6.45) is 2.36. The normalized spacial score (nSPS) is 20.0. The first-order chi connectivity index (χ1) is 10.3. The summed E-state index contributed by atoms with van der Waals surface area (Å²) >= 11 is 8.03. The minimum Gasteiger partial charge on any atom is -0.335 e. The summed E-state index contributed by atoms with van der Waals surface area (Å²) in [4.78, 5) is 14.6. The van der Waals surface area contributed by atoms with Crippen molar-refractivity contribution in [2.75, 3.05) is 18.1 Å². The van der Waals surface area contributed by atoms with Crippen LogP contribution in [0.3, 0.4) is 0 Å². The van der Waals surface area contributed by atoms with Crippen LogP contribution in [0.2, 0.25) is 5.02 Å². The van der Waals surface area contributed by atoms with Gasteiger partial charge in [-0.05, 0) is 53.6 Å². The van der Waals surface area contributed by atoms with E-state index in [4.69, 9.17) is 11.6 Å². The molecule has 1 amide bonds. The number of sulfone groups is 1. The molecule has 1 saturated heterocycles. The summed E-state index contributed by atoms with van der Waals surface area (Å²) in [6, 6.07) is 4.95. The number of nitrogens with zero attached hydrogens (tertiary/aromatic N) is 1. The fourth-order valence-electron chi connectivity index (χ4n) is 2.62. The van der Waals surface area contributed by atoms with Crippen molar-refractivity contribution in [1.29, 1.82) is 0 Å². The largest absolute Gasteiger partial charge is 0.335 e. The molecule has 1 unspecified atom stereocenters. The van der Waals surface area contributed by atoms with Gasteiger partial charge in [0.1, 0.15) is 0 Å². The first-order valence-corrected chi connectivity index (χ1v) is 10.6. The summed E-state index contributed by atoms with van der Waals surface area (Å²) in [7, 11) is -3.01. The highest BCUT2D eigenvalue weighted by Crippen LogP contribution is 2.24. The molecule has 0 spiro atoms. The molecule has 1 atom stereocenters. The van der Waals surface area contributed by atoms with Gasteiger partial charge in [-0.2, -0.15) is 0 Å². The van der Waals surface area contributed by atoms with E-state index in [0.29, 0.717) is 23.6 Å². The summed E-state index contributed by atoms with van der Waals surface area (Å²) in [6.45, 7) is 2.65. The predicted molar refractivity (Wildman–Crippen MR) is 97.2 cm³/mol. The molecule has 0 aliphatic carbocycles. The van der Waals surface area contributed by atoms with Crippen LogP contribution in [0.15, 0.2) is 18.2 Å². The summed E-state index contributed by atoms with van der Waals surface area (Å²) < 4.78 is 24.3. The van der Waals surface area contributed by atoms with Crippen molar-refractivity contribution in [3.63, 3.8) is 0 Å². The van der Waals surface area contributed by atoms with E-state index in [9.17, 15) is 13.2 Å². The third-order valence-corrected chi connectivity index (χ3v) is 6.70. The molecule has 4 nitrogen and oxygen atoms in total. The van der Waals surface area contributed by atoms with Gasteiger partial charge < -0.3 is 4.90 Å². The van der Waals surface area contributed by atoms with Crippen LogP contribution in [-0.4, -0.2) is 43.3 Å². The van der Waals surface area contributed by atoms with Crippen LogP contribution >= 0.6 is 34.2 Å². The number of hydrogen-bond acceptors (Lipinski definition) is 3. The van der Waals surface area contributed by atoms with Crippen LogP contribution in [0.25, 0.3) is 0 Å². The standard InChI is InChI=1S/C15H19ClINO3S/c1-2-3-7-18(12-6-8-22(20,21)10-12)15(19)13-5-4-11(16)9-14(13)17/h4-5,9,12H,2-3,6-8,10H2,1H3. The molecule has 1 aromatic carbocycles. The number of hydrogen-bond donors (Lipinski definition) is 0. The highest BCUT2D eigenvalue weighted by Gasteiger charge is 2.35. The average molecular weight is 456 g/mol. The van der Waals surface area contributed by atoms with Gasteiger partial charge in [0.05, 0.1) is 17.1 Å². The lowest BCUT2D eigenvalue weighted by Crippen LogP contribution is -2.42. The first kappa shape index (κ1) is 18.0. The maximum Gasteiger partial charge on any atom is 0.255 e. The Labute approximate surface area is 150 Å². The Balaban J connectivity index is 2.26. The monoisotopic (exact) mass is 455 g/mol. The highest BCUT2D eigenvalue weighted by atomic mass is 127. The number of rotatable bonds is 5. The molecular weight excluding hydrogens is 437 g/mol. The molecule has 1 heterocycles. The maximum absolute atomic E-state index is 12.9. The van der Waals surface area contributed by atoms with Gasteiger partial charge in [0.25, 0.3) is 5.91 Å². The molecular formula is C15H19ClINO3S. The minimum atomic E-state index is -3.01. The lowest BCUT2D eigenvalue weighted by molar-refractivity contribution is 0.0693. The summed E-state index contributed by atoms with van der Waals surface area (Å²) in [5, 5.41) is 0.588. The third kappa shape index (κ3) is 4.35. The SMILES string of the molecule is CCCCN(C(=O)c1ccc(Cl)cc1I)C1CCS(=O)(=O)C1. The predicted octanol–water partition coefficient (Wildman–Crippen LogP) is 3.37. The van der Waals surface area contributed by atoms with E-state index in [0.717, 1.165) is 16.4 Å². The topological polar surface area (TPSA) is 54.5 Å². The van der Waals surface area contributed by atoms with E-state index < -0.39 is 9.84 Å². The van der Waals surface area contributed by atoms with E-state index in [1.165, 1.54) is 0 Å². The maximum atomic E-state index is 12.9. The molecule has 22 heavy (non-hydrogen) atoms. The highest BCUT2D eigenvalue weighted by molar-refractivity contribution is 14.1. The van der Waals surface area contributed by atoms with Crippen molar-refractivity contribution in [3.05, 3.63) is 32.4 Å². The second kappa shape index (κ2) is 7.49. The van der Waals surface area contributed by atoms with Gasteiger partial charge in [0.2, 0.25) is 0 Å². The number of halogens is 2. The van der Waals surface area contributed by atoms with Crippen molar-refractivity contribution >= 4 is 49.9 Å². The van der Waals surface area contributed by atoms with Crippen LogP contribution in [0.1, 0.15) is 36.5 Å². The zero-order valence-corrected chi connectivity index (χ0v) is 16.1. The molecule has 0 radical (unpaired) electrons. The molecule has 0 saturated carbocycles. The van der Waals surface area contributed by atoms with Crippen LogP contribution in [0.5, 0.6) is 0 Å². The fraction of sp³-hybridized carbons (Fsp3) is 0.533. The molecule has 0 N–H and O–H groups in total. The molecule has 2 rings (SSSR count). The fourth-order valence-corrected chi connectivity index (χ4v) is 5.45. The lowest BCUT2D eigenvalue weighted by atomic mass is 10.1. The van der Waals surface area contributed by atoms with Crippen molar-refractivity contribution in [3.8, 4) is 0 Å². The Morgan fingerprint density at radius 2 is 2.18 bits per heavy atom. The first-order valence-electron chi connectivity index (χ1n) is 7.30. The van der Waals surface area contributed by atoms with Crippen LogP contribution in [0, 0.1) is 3.57 Å². The van der Waals surface area contributed by atoms with Gasteiger partial charge >= 0.3 is 0 Å². The molecule has 0 aromatic heterocycles. The van der Waals surface area contributed by atoms with Crippen molar-refractivity contribution < 1.29 is 13.2 Å². The average Bonchev–Trinajstić information content (AvgIpc) is 2.79. The smallest absolute Gasteiger partial charge is 0.255 e. The molecule has 1 aromatic rings. The van der Waals surface area contributed by atoms with E-state index in [-0.39, 0.29) is 23.5 Å². The van der Waals surface area contributed by atoms with Gasteiger partial charge in [-0.15, -0.1) is 0 Å². The quantitative estimate of drug-likeness (QED) is 0.640. The van der Waals surface area contributed by atoms with Gasteiger partial charge in [0.15, 0.2) is 9.84 Å². The summed E-state index contributed by atoms with van der Waals surface area (Å²) in [5.74, 6) is 0.148. The minimum absolute atomic E-state index is 0.0760. The van der Waals surface area contributed by atoms with Crippen molar-refractivity contribution in [2.45, 2.75) is 32.2 Å². The van der Waals surface area contributed by atoms with Gasteiger partial charge in [0, 0.05) is 21.2 Å². The van der Waals surface area contributed by atoms with E-state index in [1.807, 2.05) is 0 Å². The molecule has 0 bridgehead atoms. The van der Waals surface area contributed by atoms with Crippen LogP contribution < -0.4 is 0 Å². The second-order valence-corrected chi connectivity index (χ2v) is 9.36. The molecule has 1 fully saturated rings. The molecule has 1 aliphatic heterocycles. The summed E-state index contributed by atoms with van der Waals surface area (Å²) in [5.41, 5.74) is 0.588. The Morgan fingerprint density at radius 3 is 2.73 bits per heavy atom. The number of carbonyl (C=O) groups is 1. The van der Waals surface area contributed by atoms with Gasteiger partial charge in [-0.25, -0.2) is 8.42 Å². The zero-order chi connectivity index (χ0) is 16.3. The number of carbonyl (C=O) groups excluding carboxylic acids is 1. The van der Waals surface area contributed by atoms with Crippen LogP contribution in [0.4, 0.5) is 0 Å². The Morgan fingerprint density at radius 1 is 1.45 bits per heavy atom. The Bertz CT molecular complexity index is 663. The van der Waals surface area contributed by atoms with Crippen molar-refractivity contribution in [2.24, 2.45) is 0 Å². The number of amides is 1. The zero-order valence-electron chi connectivity index (χ0n) is 12.4. The van der Waals surface area contributed by atoms with E-state index in [2.05, 4.69) is 29.5 Å². The lowest BCUT2D eigenvalue weighted by Gasteiger charge is -2.28. The van der Waals surface area contributed by atoms with Gasteiger partial charge in [-0.3, -0.25) is 4.79 Å². The van der Waals surface area contributed by atoms with Gasteiger partial charge in [-0.1, -0.05) is 24.9 Å². The van der Waals surface area contributed by atoms with E-state index in [1.54, 1.807) is 23.1 Å². The van der Waals surface area contributed by atoms with Crippen LogP contribution in [-0.2, 0) is 9.84 Å². The Kier molecular flexibility index (Phi) is 6.13.